The zero-order valence-corrected chi connectivity index (χ0v) is 22.8. The molecule has 2 amide bonds. The summed E-state index contributed by atoms with van der Waals surface area (Å²) in [6, 6.07) is 31.9. The van der Waals surface area contributed by atoms with Crippen LogP contribution in [-0.4, -0.2) is 38.0 Å². The fourth-order valence-electron chi connectivity index (χ4n) is 4.35. The molecule has 0 saturated carbocycles. The Balaban J connectivity index is 1.38. The molecule has 43 heavy (non-hydrogen) atoms. The number of anilines is 1. The van der Waals surface area contributed by atoms with Crippen molar-refractivity contribution in [2.24, 2.45) is 0 Å². The first kappa shape index (κ1) is 28.6. The molecule has 0 unspecified atom stereocenters. The number of carbonyl (C=O) groups excluding carboxylic acids is 2. The van der Waals surface area contributed by atoms with Gasteiger partial charge in [0.1, 0.15) is 18.2 Å². The van der Waals surface area contributed by atoms with Gasteiger partial charge in [-0.3, -0.25) is 19.7 Å². The highest BCUT2D eigenvalue weighted by molar-refractivity contribution is 5.98. The number of benzene rings is 4. The van der Waals surface area contributed by atoms with Gasteiger partial charge in [0.15, 0.2) is 0 Å². The highest BCUT2D eigenvalue weighted by Gasteiger charge is 2.19. The summed E-state index contributed by atoms with van der Waals surface area (Å²) in [7, 11) is 0. The zero-order valence-electron chi connectivity index (χ0n) is 22.8. The second kappa shape index (κ2) is 13.2. The summed E-state index contributed by atoms with van der Waals surface area (Å²) in [5.74, 6) is -0.934. The first-order chi connectivity index (χ1) is 20.9. The van der Waals surface area contributed by atoms with Crippen LogP contribution in [0, 0.1) is 15.9 Å². The van der Waals surface area contributed by atoms with E-state index in [4.69, 9.17) is 0 Å². The van der Waals surface area contributed by atoms with Crippen molar-refractivity contribution in [3.63, 3.8) is 0 Å². The quantitative estimate of drug-likeness (QED) is 0.120. The van der Waals surface area contributed by atoms with Gasteiger partial charge < -0.3 is 10.2 Å². The number of halogens is 1. The zero-order chi connectivity index (χ0) is 30.2. The van der Waals surface area contributed by atoms with E-state index in [-0.39, 0.29) is 18.8 Å². The van der Waals surface area contributed by atoms with Crippen LogP contribution in [0.4, 0.5) is 15.9 Å². The molecular formula is C33H26FN5O4. The second-order valence-corrected chi connectivity index (χ2v) is 9.58. The van der Waals surface area contributed by atoms with Crippen molar-refractivity contribution in [3.8, 4) is 16.9 Å². The number of amides is 2. The third-order valence-electron chi connectivity index (χ3n) is 6.50. The molecule has 9 nitrogen and oxygen atoms in total. The summed E-state index contributed by atoms with van der Waals surface area (Å²) < 4.78 is 15.1. The van der Waals surface area contributed by atoms with E-state index in [1.807, 2.05) is 60.7 Å². The molecule has 0 spiro atoms. The average Bonchev–Trinajstić information content (AvgIpc) is 3.44. The molecule has 1 aromatic heterocycles. The fourth-order valence-corrected chi connectivity index (χ4v) is 4.35. The maximum atomic E-state index is 13.6. The minimum atomic E-state index is -0.496. The summed E-state index contributed by atoms with van der Waals surface area (Å²) in [6.07, 6.45) is 2.87. The van der Waals surface area contributed by atoms with Gasteiger partial charge in [0.25, 0.3) is 5.69 Å². The highest BCUT2D eigenvalue weighted by atomic mass is 19.1. The summed E-state index contributed by atoms with van der Waals surface area (Å²) in [6.45, 7) is -0.0994. The van der Waals surface area contributed by atoms with Crippen LogP contribution in [0.1, 0.15) is 11.1 Å². The van der Waals surface area contributed by atoms with E-state index in [2.05, 4.69) is 10.4 Å². The molecule has 214 valence electrons. The standard InChI is InChI=1S/C33H26FN5O4/c34-27-14-18-28(19-15-27)38-31(21-30(36-38)26-9-5-2-6-10-26)35-32(40)23-37(22-25-7-3-1-4-8-25)33(41)20-13-24-11-16-29(17-12-24)39(42)43/h1-21H,22-23H2,(H,35,40). The Morgan fingerprint density at radius 3 is 2.21 bits per heavy atom. The van der Waals surface area contributed by atoms with Crippen molar-refractivity contribution < 1.29 is 18.9 Å². The van der Waals surface area contributed by atoms with Gasteiger partial charge in [0.05, 0.1) is 16.3 Å². The lowest BCUT2D eigenvalue weighted by Gasteiger charge is -2.21. The van der Waals surface area contributed by atoms with Gasteiger partial charge in [-0.2, -0.15) is 5.10 Å². The summed E-state index contributed by atoms with van der Waals surface area (Å²) in [5, 5.41) is 18.4. The fraction of sp³-hybridized carbons (Fsp3) is 0.0606. The van der Waals surface area contributed by atoms with Crippen molar-refractivity contribution >= 4 is 29.4 Å². The Bertz CT molecular complexity index is 1750. The van der Waals surface area contributed by atoms with Crippen LogP contribution >= 0.6 is 0 Å². The first-order valence-electron chi connectivity index (χ1n) is 13.3. The van der Waals surface area contributed by atoms with Gasteiger partial charge in [-0.05, 0) is 53.6 Å². The van der Waals surface area contributed by atoms with Crippen molar-refractivity contribution in [3.05, 3.63) is 148 Å². The molecule has 0 aliphatic heterocycles. The maximum absolute atomic E-state index is 13.6. The molecule has 0 aliphatic carbocycles. The number of carbonyl (C=O) groups is 2. The Morgan fingerprint density at radius 2 is 1.56 bits per heavy atom. The molecule has 0 bridgehead atoms. The second-order valence-electron chi connectivity index (χ2n) is 9.58. The predicted octanol–water partition coefficient (Wildman–Crippen LogP) is 6.27. The molecule has 0 atom stereocenters. The minimum absolute atomic E-state index is 0.0545. The topological polar surface area (TPSA) is 110 Å². The molecule has 0 saturated heterocycles. The number of nitro groups is 1. The van der Waals surface area contributed by atoms with Crippen molar-refractivity contribution in [1.82, 2.24) is 14.7 Å². The Morgan fingerprint density at radius 1 is 0.907 bits per heavy atom. The predicted molar refractivity (Wildman–Crippen MR) is 162 cm³/mol. The largest absolute Gasteiger partial charge is 0.326 e. The lowest BCUT2D eigenvalue weighted by Crippen LogP contribution is -2.37. The molecule has 10 heteroatoms. The number of hydrogen-bond donors (Lipinski definition) is 1. The molecule has 0 fully saturated rings. The van der Waals surface area contributed by atoms with Crippen molar-refractivity contribution in [2.45, 2.75) is 6.54 Å². The molecule has 1 heterocycles. The highest BCUT2D eigenvalue weighted by Crippen LogP contribution is 2.25. The third kappa shape index (κ3) is 7.44. The van der Waals surface area contributed by atoms with E-state index in [9.17, 15) is 24.1 Å². The average molecular weight is 576 g/mol. The number of nitrogens with one attached hydrogen (secondary N) is 1. The summed E-state index contributed by atoms with van der Waals surface area (Å²) in [4.78, 5) is 38.5. The molecule has 0 aliphatic rings. The van der Waals surface area contributed by atoms with E-state index in [1.54, 1.807) is 18.2 Å². The lowest BCUT2D eigenvalue weighted by molar-refractivity contribution is -0.384. The molecular weight excluding hydrogens is 549 g/mol. The van der Waals surface area contributed by atoms with Gasteiger partial charge in [0.2, 0.25) is 11.8 Å². The molecule has 5 rings (SSSR count). The number of nitro benzene ring substituents is 1. The Kier molecular flexibility index (Phi) is 8.77. The Labute approximate surface area is 246 Å². The van der Waals surface area contributed by atoms with Gasteiger partial charge in [-0.1, -0.05) is 60.7 Å². The van der Waals surface area contributed by atoms with Gasteiger partial charge >= 0.3 is 0 Å². The SMILES string of the molecule is O=C(CN(Cc1ccccc1)C(=O)C=Cc1ccc([N+](=O)[O-])cc1)Nc1cc(-c2ccccc2)nn1-c1ccc(F)cc1. The van der Waals surface area contributed by atoms with Gasteiger partial charge in [-0.15, -0.1) is 0 Å². The van der Waals surface area contributed by atoms with Gasteiger partial charge in [0, 0.05) is 36.4 Å². The number of nitrogens with zero attached hydrogens (tertiary/aromatic N) is 4. The minimum Gasteiger partial charge on any atom is -0.326 e. The number of hydrogen-bond acceptors (Lipinski definition) is 5. The molecule has 0 radical (unpaired) electrons. The number of non-ortho nitro benzene ring substituents is 1. The molecule has 1 N–H and O–H groups in total. The van der Waals surface area contributed by atoms with Crippen molar-refractivity contribution in [2.75, 3.05) is 11.9 Å². The maximum Gasteiger partial charge on any atom is 0.269 e. The van der Waals surface area contributed by atoms with Crippen LogP contribution in [0.15, 0.2) is 121 Å². The smallest absolute Gasteiger partial charge is 0.269 e. The molecule has 4 aromatic carbocycles. The number of rotatable bonds is 10. The molecule has 5 aromatic rings. The van der Waals surface area contributed by atoms with E-state index >= 15 is 0 Å². The van der Waals surface area contributed by atoms with Crippen LogP contribution in [0.25, 0.3) is 23.0 Å². The number of aromatic nitrogens is 2. The van der Waals surface area contributed by atoms with E-state index in [1.165, 1.54) is 58.1 Å². The van der Waals surface area contributed by atoms with Crippen LogP contribution in [-0.2, 0) is 16.1 Å². The van der Waals surface area contributed by atoms with Crippen LogP contribution in [0.3, 0.4) is 0 Å². The normalized spacial score (nSPS) is 10.9. The van der Waals surface area contributed by atoms with Crippen LogP contribution < -0.4 is 5.32 Å². The van der Waals surface area contributed by atoms with Crippen LogP contribution in [0.5, 0.6) is 0 Å². The monoisotopic (exact) mass is 575 g/mol. The van der Waals surface area contributed by atoms with Crippen molar-refractivity contribution in [1.29, 1.82) is 0 Å². The van der Waals surface area contributed by atoms with E-state index in [0.717, 1.165) is 11.1 Å². The summed E-state index contributed by atoms with van der Waals surface area (Å²) in [5.41, 5.74) is 3.35. The third-order valence-corrected chi connectivity index (χ3v) is 6.50. The van der Waals surface area contributed by atoms with E-state index in [0.29, 0.717) is 22.8 Å². The summed E-state index contributed by atoms with van der Waals surface area (Å²) >= 11 is 0. The van der Waals surface area contributed by atoms with Crippen LogP contribution in [0.2, 0.25) is 0 Å². The van der Waals surface area contributed by atoms with Gasteiger partial charge in [-0.25, -0.2) is 9.07 Å². The lowest BCUT2D eigenvalue weighted by atomic mass is 10.1. The van der Waals surface area contributed by atoms with E-state index < -0.39 is 22.6 Å². The Hall–Kier alpha value is -5.90. The first-order valence-corrected chi connectivity index (χ1v) is 13.3.